The molecule has 0 aromatic carbocycles. The van der Waals surface area contributed by atoms with Gasteiger partial charge in [0.15, 0.2) is 0 Å². The quantitative estimate of drug-likeness (QED) is 0.880. The van der Waals surface area contributed by atoms with Crippen LogP contribution in [0.5, 0.6) is 0 Å². The summed E-state index contributed by atoms with van der Waals surface area (Å²) in [6.45, 7) is 0. The third kappa shape index (κ3) is 3.07. The molecule has 0 bridgehead atoms. The van der Waals surface area contributed by atoms with Gasteiger partial charge in [0.2, 0.25) is 0 Å². The molecule has 0 amide bonds. The average molecular weight is 246 g/mol. The number of hydrogen-bond acceptors (Lipinski definition) is 2. The van der Waals surface area contributed by atoms with E-state index in [1.807, 2.05) is 0 Å². The van der Waals surface area contributed by atoms with Gasteiger partial charge < -0.3 is 5.11 Å². The van der Waals surface area contributed by atoms with Crippen molar-refractivity contribution in [2.24, 2.45) is 5.92 Å². The number of halogens is 2. The first-order chi connectivity index (χ1) is 7.16. The van der Waals surface area contributed by atoms with E-state index in [2.05, 4.69) is 4.98 Å². The topological polar surface area (TPSA) is 33.1 Å². The standard InChI is InChI=1S/C11H13Cl2NO/c12-8-5-9(13)11(14-6-8)10(15)4-3-7-1-2-7/h5-7,10,15H,1-4H2. The molecule has 0 aliphatic heterocycles. The Morgan fingerprint density at radius 1 is 1.47 bits per heavy atom. The van der Waals surface area contributed by atoms with Gasteiger partial charge in [0.05, 0.1) is 21.8 Å². The van der Waals surface area contributed by atoms with Gasteiger partial charge in [-0.25, -0.2) is 0 Å². The number of nitrogens with zero attached hydrogens (tertiary/aromatic N) is 1. The second-order valence-electron chi connectivity index (χ2n) is 4.06. The summed E-state index contributed by atoms with van der Waals surface area (Å²) in [7, 11) is 0. The summed E-state index contributed by atoms with van der Waals surface area (Å²) in [5, 5.41) is 10.8. The number of rotatable bonds is 4. The summed E-state index contributed by atoms with van der Waals surface area (Å²) in [4.78, 5) is 4.06. The highest BCUT2D eigenvalue weighted by molar-refractivity contribution is 6.34. The molecule has 0 saturated heterocycles. The summed E-state index contributed by atoms with van der Waals surface area (Å²) < 4.78 is 0. The summed E-state index contributed by atoms with van der Waals surface area (Å²) in [5.41, 5.74) is 0.543. The summed E-state index contributed by atoms with van der Waals surface area (Å²) >= 11 is 11.7. The van der Waals surface area contributed by atoms with Crippen molar-refractivity contribution in [3.8, 4) is 0 Å². The summed E-state index contributed by atoms with van der Waals surface area (Å²) in [5.74, 6) is 0.811. The molecule has 1 N–H and O–H groups in total. The molecule has 1 heterocycles. The molecule has 2 nitrogen and oxygen atoms in total. The van der Waals surface area contributed by atoms with Gasteiger partial charge >= 0.3 is 0 Å². The Kier molecular flexibility index (Phi) is 3.49. The molecule has 1 aliphatic rings. The van der Waals surface area contributed by atoms with Crippen LogP contribution in [-0.4, -0.2) is 10.1 Å². The van der Waals surface area contributed by atoms with E-state index in [1.165, 1.54) is 19.0 Å². The zero-order valence-corrected chi connectivity index (χ0v) is 9.80. The SMILES string of the molecule is OC(CCC1CC1)c1ncc(Cl)cc1Cl. The normalized spacial score (nSPS) is 17.8. The van der Waals surface area contributed by atoms with Gasteiger partial charge in [-0.3, -0.25) is 4.98 Å². The van der Waals surface area contributed by atoms with Crippen LogP contribution in [0.2, 0.25) is 10.0 Å². The van der Waals surface area contributed by atoms with E-state index in [-0.39, 0.29) is 0 Å². The third-order valence-electron chi connectivity index (χ3n) is 2.70. The van der Waals surface area contributed by atoms with E-state index in [9.17, 15) is 5.11 Å². The zero-order valence-electron chi connectivity index (χ0n) is 8.29. The molecule has 1 aliphatic carbocycles. The molecule has 2 rings (SSSR count). The molecule has 0 radical (unpaired) electrons. The Balaban J connectivity index is 1.99. The lowest BCUT2D eigenvalue weighted by Crippen LogP contribution is -2.01. The number of aliphatic hydroxyl groups is 1. The predicted octanol–water partition coefficient (Wildman–Crippen LogP) is 3.61. The van der Waals surface area contributed by atoms with Crippen LogP contribution in [0.3, 0.4) is 0 Å². The largest absolute Gasteiger partial charge is 0.387 e. The molecule has 1 unspecified atom stereocenters. The van der Waals surface area contributed by atoms with E-state index < -0.39 is 6.10 Å². The number of aromatic nitrogens is 1. The lowest BCUT2D eigenvalue weighted by atomic mass is 10.1. The lowest BCUT2D eigenvalue weighted by molar-refractivity contribution is 0.158. The summed E-state index contributed by atoms with van der Waals surface area (Å²) in [6, 6.07) is 1.62. The Hall–Kier alpha value is -0.310. The highest BCUT2D eigenvalue weighted by atomic mass is 35.5. The lowest BCUT2D eigenvalue weighted by Gasteiger charge is -2.11. The highest BCUT2D eigenvalue weighted by Gasteiger charge is 2.23. The minimum atomic E-state index is -0.560. The second-order valence-corrected chi connectivity index (χ2v) is 4.90. The number of pyridine rings is 1. The average Bonchev–Trinajstić information content (AvgIpc) is 2.97. The van der Waals surface area contributed by atoms with Crippen molar-refractivity contribution in [2.45, 2.75) is 31.8 Å². The van der Waals surface area contributed by atoms with Gasteiger partial charge in [-0.05, 0) is 24.8 Å². The molecule has 1 aromatic rings. The van der Waals surface area contributed by atoms with Gasteiger partial charge in [0.25, 0.3) is 0 Å². The van der Waals surface area contributed by atoms with Gasteiger partial charge in [0, 0.05) is 6.20 Å². The Labute approximate surface area is 99.2 Å². The molecule has 4 heteroatoms. The molecule has 0 spiro atoms. The first-order valence-corrected chi connectivity index (χ1v) is 5.91. The fraction of sp³-hybridized carbons (Fsp3) is 0.545. The van der Waals surface area contributed by atoms with Crippen LogP contribution in [0.25, 0.3) is 0 Å². The van der Waals surface area contributed by atoms with E-state index >= 15 is 0 Å². The van der Waals surface area contributed by atoms with Crippen LogP contribution in [0.4, 0.5) is 0 Å². The molecule has 1 atom stereocenters. The maximum atomic E-state index is 9.88. The highest BCUT2D eigenvalue weighted by Crippen LogP contribution is 2.36. The van der Waals surface area contributed by atoms with Crippen molar-refractivity contribution in [1.29, 1.82) is 0 Å². The van der Waals surface area contributed by atoms with Gasteiger partial charge in [-0.15, -0.1) is 0 Å². The molecule has 15 heavy (non-hydrogen) atoms. The van der Waals surface area contributed by atoms with Gasteiger partial charge in [0.1, 0.15) is 0 Å². The van der Waals surface area contributed by atoms with E-state index in [1.54, 1.807) is 6.07 Å². The first kappa shape index (κ1) is 11.2. The van der Waals surface area contributed by atoms with Crippen LogP contribution >= 0.6 is 23.2 Å². The third-order valence-corrected chi connectivity index (χ3v) is 3.21. The Morgan fingerprint density at radius 3 is 2.80 bits per heavy atom. The first-order valence-electron chi connectivity index (χ1n) is 5.16. The fourth-order valence-electron chi connectivity index (χ4n) is 1.61. The second kappa shape index (κ2) is 4.69. The van der Waals surface area contributed by atoms with Crippen molar-refractivity contribution in [3.05, 3.63) is 28.0 Å². The zero-order chi connectivity index (χ0) is 10.8. The van der Waals surface area contributed by atoms with Crippen molar-refractivity contribution in [1.82, 2.24) is 4.98 Å². The van der Waals surface area contributed by atoms with Crippen LogP contribution in [0.15, 0.2) is 12.3 Å². The maximum Gasteiger partial charge on any atom is 0.0975 e. The van der Waals surface area contributed by atoms with E-state index in [0.717, 1.165) is 18.8 Å². The summed E-state index contributed by atoms with van der Waals surface area (Å²) in [6.07, 6.45) is 5.35. The van der Waals surface area contributed by atoms with Crippen molar-refractivity contribution in [2.75, 3.05) is 0 Å². The van der Waals surface area contributed by atoms with E-state index in [4.69, 9.17) is 23.2 Å². The predicted molar refractivity (Wildman–Crippen MR) is 61.2 cm³/mol. The number of aliphatic hydroxyl groups excluding tert-OH is 1. The Morgan fingerprint density at radius 2 is 2.20 bits per heavy atom. The van der Waals surface area contributed by atoms with Crippen LogP contribution in [0.1, 0.15) is 37.5 Å². The Bertz CT molecular complexity index is 352. The molecule has 82 valence electrons. The fourth-order valence-corrected chi connectivity index (χ4v) is 2.11. The minimum absolute atomic E-state index is 0.450. The van der Waals surface area contributed by atoms with Gasteiger partial charge in [-0.1, -0.05) is 36.0 Å². The number of hydrogen-bond donors (Lipinski definition) is 1. The van der Waals surface area contributed by atoms with Crippen molar-refractivity contribution in [3.63, 3.8) is 0 Å². The monoisotopic (exact) mass is 245 g/mol. The van der Waals surface area contributed by atoms with Gasteiger partial charge in [-0.2, -0.15) is 0 Å². The molecule has 1 fully saturated rings. The molecular formula is C11H13Cl2NO. The molecular weight excluding hydrogens is 233 g/mol. The molecule has 1 saturated carbocycles. The van der Waals surface area contributed by atoms with Crippen LogP contribution < -0.4 is 0 Å². The van der Waals surface area contributed by atoms with Crippen molar-refractivity contribution < 1.29 is 5.11 Å². The minimum Gasteiger partial charge on any atom is -0.387 e. The maximum absolute atomic E-state index is 9.88. The van der Waals surface area contributed by atoms with Crippen molar-refractivity contribution >= 4 is 23.2 Å². The van der Waals surface area contributed by atoms with E-state index in [0.29, 0.717) is 15.7 Å². The molecule has 1 aromatic heterocycles. The van der Waals surface area contributed by atoms with Crippen LogP contribution in [-0.2, 0) is 0 Å². The van der Waals surface area contributed by atoms with Crippen LogP contribution in [0, 0.1) is 5.92 Å². The smallest absolute Gasteiger partial charge is 0.0975 e.